The molecule has 0 unspecified atom stereocenters. The number of ether oxygens (including phenoxy) is 2. The summed E-state index contributed by atoms with van der Waals surface area (Å²) in [6, 6.07) is 3.90. The highest BCUT2D eigenvalue weighted by Crippen LogP contribution is 2.33. The van der Waals surface area contributed by atoms with Crippen molar-refractivity contribution >= 4 is 19.2 Å². The summed E-state index contributed by atoms with van der Waals surface area (Å²) in [6.45, 7) is 3.03. The van der Waals surface area contributed by atoms with Crippen molar-refractivity contribution in [2.75, 3.05) is 13.7 Å². The van der Waals surface area contributed by atoms with E-state index in [1.54, 1.807) is 14.1 Å². The molecule has 0 aliphatic carbocycles. The Labute approximate surface area is 122 Å². The molecule has 7 heteroatoms. The number of benzene rings is 1. The Bertz CT molecular complexity index is 532. The third-order valence-corrected chi connectivity index (χ3v) is 2.80. The second-order valence-electron chi connectivity index (χ2n) is 4.28. The van der Waals surface area contributed by atoms with E-state index < -0.39 is 23.4 Å². The molecule has 0 aromatic heterocycles. The van der Waals surface area contributed by atoms with Gasteiger partial charge in [-0.1, -0.05) is 24.8 Å². The van der Waals surface area contributed by atoms with Crippen molar-refractivity contribution in [2.45, 2.75) is 26.0 Å². The highest BCUT2D eigenvalue weighted by atomic mass is 19.3. The van der Waals surface area contributed by atoms with E-state index in [-0.39, 0.29) is 12.2 Å². The molecule has 1 radical (unpaired) electrons. The minimum absolute atomic E-state index is 0.176. The second kappa shape index (κ2) is 7.20. The topological polar surface area (TPSA) is 52.6 Å². The molecule has 0 spiro atoms. The van der Waals surface area contributed by atoms with Gasteiger partial charge in [-0.15, -0.1) is 0 Å². The number of alkyl halides is 2. The molecule has 0 aliphatic heterocycles. The van der Waals surface area contributed by atoms with Gasteiger partial charge in [-0.05, 0) is 19.1 Å². The molecular weight excluding hydrogens is 281 g/mol. The summed E-state index contributed by atoms with van der Waals surface area (Å²) in [5.74, 6) is -6.53. The number of rotatable bonds is 6. The van der Waals surface area contributed by atoms with Crippen LogP contribution < -0.4 is 0 Å². The Morgan fingerprint density at radius 3 is 2.52 bits per heavy atom. The summed E-state index contributed by atoms with van der Waals surface area (Å²) in [5.41, 5.74) is -0.494. The van der Waals surface area contributed by atoms with Gasteiger partial charge in [-0.25, -0.2) is 9.59 Å². The van der Waals surface area contributed by atoms with Crippen LogP contribution in [0.1, 0.15) is 28.4 Å². The largest absolute Gasteiger partial charge is 0.465 e. The standard InChI is InChI=1S/C14H16BF2O4/c1-4-21-13(19)14(16,17)11-7-9(8-15-2)5-6-10(11)12(18)20-3/h5-7H,4,8H2,1-3H3. The van der Waals surface area contributed by atoms with E-state index in [9.17, 15) is 18.4 Å². The van der Waals surface area contributed by atoms with Gasteiger partial charge in [0, 0.05) is 5.56 Å². The third-order valence-electron chi connectivity index (χ3n) is 2.80. The number of esters is 2. The fourth-order valence-corrected chi connectivity index (χ4v) is 1.83. The average molecular weight is 297 g/mol. The zero-order valence-electron chi connectivity index (χ0n) is 12.1. The highest BCUT2D eigenvalue weighted by molar-refractivity contribution is 6.32. The van der Waals surface area contributed by atoms with E-state index in [0.717, 1.165) is 13.2 Å². The van der Waals surface area contributed by atoms with Crippen LogP contribution in [0.15, 0.2) is 18.2 Å². The van der Waals surface area contributed by atoms with Crippen molar-refractivity contribution in [3.8, 4) is 0 Å². The molecule has 1 rings (SSSR count). The molecule has 0 fully saturated rings. The summed E-state index contributed by atoms with van der Waals surface area (Å²) in [6.07, 6.45) is 0.438. The van der Waals surface area contributed by atoms with Crippen molar-refractivity contribution in [1.29, 1.82) is 0 Å². The lowest BCUT2D eigenvalue weighted by Crippen LogP contribution is -2.30. The fraction of sp³-hybridized carbons (Fsp3) is 0.429. The lowest BCUT2D eigenvalue weighted by molar-refractivity contribution is -0.173. The van der Waals surface area contributed by atoms with E-state index in [4.69, 9.17) is 0 Å². The lowest BCUT2D eigenvalue weighted by atomic mass is 9.74. The first-order valence-corrected chi connectivity index (χ1v) is 6.43. The Kier molecular flexibility index (Phi) is 5.87. The average Bonchev–Trinajstić information content (AvgIpc) is 2.47. The summed E-state index contributed by atoms with van der Waals surface area (Å²) >= 11 is 0. The van der Waals surface area contributed by atoms with Gasteiger partial charge in [0.1, 0.15) is 7.28 Å². The van der Waals surface area contributed by atoms with E-state index in [2.05, 4.69) is 9.47 Å². The van der Waals surface area contributed by atoms with Crippen LogP contribution in [0.4, 0.5) is 8.78 Å². The number of hydrogen-bond donors (Lipinski definition) is 0. The normalized spacial score (nSPS) is 10.9. The van der Waals surface area contributed by atoms with E-state index in [0.29, 0.717) is 11.9 Å². The number of hydrogen-bond acceptors (Lipinski definition) is 4. The quantitative estimate of drug-likeness (QED) is 0.597. The van der Waals surface area contributed by atoms with Gasteiger partial charge in [0.2, 0.25) is 0 Å². The molecule has 0 heterocycles. The van der Waals surface area contributed by atoms with Gasteiger partial charge >= 0.3 is 17.9 Å². The van der Waals surface area contributed by atoms with Gasteiger partial charge in [0.25, 0.3) is 0 Å². The van der Waals surface area contributed by atoms with Gasteiger partial charge in [0.05, 0.1) is 19.3 Å². The first-order valence-electron chi connectivity index (χ1n) is 6.43. The van der Waals surface area contributed by atoms with Crippen molar-refractivity contribution in [3.05, 3.63) is 34.9 Å². The first kappa shape index (κ1) is 17.1. The maximum absolute atomic E-state index is 14.2. The van der Waals surface area contributed by atoms with Crippen LogP contribution >= 0.6 is 0 Å². The lowest BCUT2D eigenvalue weighted by Gasteiger charge is -2.18. The molecule has 0 bridgehead atoms. The van der Waals surface area contributed by atoms with Crippen LogP contribution in [-0.2, 0) is 26.5 Å². The Morgan fingerprint density at radius 1 is 1.33 bits per heavy atom. The van der Waals surface area contributed by atoms with Crippen molar-refractivity contribution in [1.82, 2.24) is 0 Å². The Morgan fingerprint density at radius 2 is 2.00 bits per heavy atom. The molecule has 0 N–H and O–H groups in total. The molecule has 1 aromatic rings. The SMILES string of the molecule is C[B]Cc1ccc(C(=O)OC)c(C(F)(F)C(=O)OCC)c1. The van der Waals surface area contributed by atoms with Crippen molar-refractivity contribution in [2.24, 2.45) is 0 Å². The zero-order chi connectivity index (χ0) is 16.0. The molecular formula is C14H16BF2O4. The maximum Gasteiger partial charge on any atom is 0.382 e. The smallest absolute Gasteiger partial charge is 0.382 e. The first-order chi connectivity index (χ1) is 9.88. The predicted octanol–water partition coefficient (Wildman–Crippen LogP) is 2.38. The second-order valence-corrected chi connectivity index (χ2v) is 4.28. The van der Waals surface area contributed by atoms with Crippen LogP contribution in [0.5, 0.6) is 0 Å². The molecule has 0 amide bonds. The van der Waals surface area contributed by atoms with Crippen LogP contribution in [0.3, 0.4) is 0 Å². The van der Waals surface area contributed by atoms with E-state index in [1.807, 2.05) is 0 Å². The highest BCUT2D eigenvalue weighted by Gasteiger charge is 2.45. The van der Waals surface area contributed by atoms with Gasteiger partial charge in [-0.2, -0.15) is 8.78 Å². The number of halogens is 2. The Balaban J connectivity index is 3.37. The zero-order valence-corrected chi connectivity index (χ0v) is 12.1. The predicted molar refractivity (Wildman–Crippen MR) is 73.6 cm³/mol. The molecule has 4 nitrogen and oxygen atoms in total. The van der Waals surface area contributed by atoms with Gasteiger partial charge in [-0.3, -0.25) is 0 Å². The molecule has 1 aromatic carbocycles. The number of carbonyl (C=O) groups is 2. The van der Waals surface area contributed by atoms with Gasteiger partial charge in [0.15, 0.2) is 0 Å². The Hall–Kier alpha value is -1.92. The van der Waals surface area contributed by atoms with E-state index >= 15 is 0 Å². The molecule has 0 saturated heterocycles. The molecule has 21 heavy (non-hydrogen) atoms. The minimum atomic E-state index is -3.91. The summed E-state index contributed by atoms with van der Waals surface area (Å²) in [4.78, 5) is 23.1. The molecule has 0 atom stereocenters. The molecule has 0 saturated carbocycles. The van der Waals surface area contributed by atoms with Crippen molar-refractivity contribution in [3.63, 3.8) is 0 Å². The fourth-order valence-electron chi connectivity index (χ4n) is 1.83. The number of carbonyl (C=O) groups excluding carboxylic acids is 2. The minimum Gasteiger partial charge on any atom is -0.465 e. The summed E-state index contributed by atoms with van der Waals surface area (Å²) < 4.78 is 37.3. The monoisotopic (exact) mass is 297 g/mol. The summed E-state index contributed by atoms with van der Waals surface area (Å²) in [5, 5.41) is 0. The van der Waals surface area contributed by atoms with Gasteiger partial charge < -0.3 is 9.47 Å². The summed E-state index contributed by atoms with van der Waals surface area (Å²) in [7, 11) is 2.86. The van der Waals surface area contributed by atoms with E-state index in [1.165, 1.54) is 19.1 Å². The van der Waals surface area contributed by atoms with Crippen LogP contribution in [0, 0.1) is 0 Å². The third kappa shape index (κ3) is 3.80. The maximum atomic E-state index is 14.2. The van der Waals surface area contributed by atoms with Crippen molar-refractivity contribution < 1.29 is 27.8 Å². The molecule has 0 aliphatic rings. The number of methoxy groups -OCH3 is 1. The molecule has 113 valence electrons. The van der Waals surface area contributed by atoms with Crippen LogP contribution in [0.25, 0.3) is 0 Å². The van der Waals surface area contributed by atoms with Crippen LogP contribution in [0.2, 0.25) is 6.82 Å². The van der Waals surface area contributed by atoms with Crippen LogP contribution in [-0.4, -0.2) is 32.9 Å².